The molecule has 0 spiro atoms. The van der Waals surface area contributed by atoms with Crippen LogP contribution in [0.5, 0.6) is 5.75 Å². The number of benzene rings is 1. The third-order valence-corrected chi connectivity index (χ3v) is 2.56. The summed E-state index contributed by atoms with van der Waals surface area (Å²) in [5.41, 5.74) is 1.28. The lowest BCUT2D eigenvalue weighted by atomic mass is 10.1. The number of amides is 1. The highest BCUT2D eigenvalue weighted by Crippen LogP contribution is 2.22. The smallest absolute Gasteiger partial charge is 0.221 e. The highest BCUT2D eigenvalue weighted by Gasteiger charge is 2.10. The number of phenols is 1. The predicted octanol–water partition coefficient (Wildman–Crippen LogP) is 3.39. The maximum absolute atomic E-state index is 12.1. The van der Waals surface area contributed by atoms with E-state index in [9.17, 15) is 14.7 Å². The van der Waals surface area contributed by atoms with Gasteiger partial charge in [-0.1, -0.05) is 37.5 Å². The van der Waals surface area contributed by atoms with Gasteiger partial charge in [0.15, 0.2) is 5.78 Å². The summed E-state index contributed by atoms with van der Waals surface area (Å²) in [6.45, 7) is 8.55. The molecule has 0 atom stereocenters. The predicted molar refractivity (Wildman–Crippen MR) is 84.4 cm³/mol. The monoisotopic (exact) mass is 283 g/mol. The Bertz CT molecular complexity index is 639. The maximum atomic E-state index is 12.1. The molecular weight excluding hydrogens is 266 g/mol. The summed E-state index contributed by atoms with van der Waals surface area (Å²) in [4.78, 5) is 23.1. The Morgan fingerprint density at radius 2 is 1.95 bits per heavy atom. The minimum atomic E-state index is -0.378. The fraction of sp³-hybridized carbons (Fsp3) is 0.0588. The van der Waals surface area contributed by atoms with E-state index < -0.39 is 0 Å². The van der Waals surface area contributed by atoms with Crippen LogP contribution in [-0.4, -0.2) is 16.8 Å². The molecule has 4 heteroatoms. The first-order chi connectivity index (χ1) is 9.97. The van der Waals surface area contributed by atoms with E-state index in [1.807, 2.05) is 0 Å². The van der Waals surface area contributed by atoms with E-state index in [2.05, 4.69) is 18.5 Å². The SMILES string of the molecule is C=C/C=C(C=C)/C=C/C(=O)c1cc(NC(C)=O)ccc1O. The number of allylic oxidation sites excluding steroid dienone is 6. The number of ketones is 1. The zero-order valence-corrected chi connectivity index (χ0v) is 11.8. The van der Waals surface area contributed by atoms with E-state index >= 15 is 0 Å². The van der Waals surface area contributed by atoms with Gasteiger partial charge >= 0.3 is 0 Å². The standard InChI is InChI=1S/C17H17NO3/c1-4-6-13(5-2)7-9-16(20)15-11-14(18-12(3)19)8-10-17(15)21/h4-11,21H,1-2H2,3H3,(H,18,19)/b9-7+,13-6+. The zero-order valence-electron chi connectivity index (χ0n) is 11.8. The van der Waals surface area contributed by atoms with Gasteiger partial charge in [-0.3, -0.25) is 9.59 Å². The quantitative estimate of drug-likeness (QED) is 0.364. The molecule has 0 radical (unpaired) electrons. The van der Waals surface area contributed by atoms with Crippen molar-refractivity contribution in [3.63, 3.8) is 0 Å². The zero-order chi connectivity index (χ0) is 15.8. The molecule has 0 aliphatic heterocycles. The summed E-state index contributed by atoms with van der Waals surface area (Å²) >= 11 is 0. The van der Waals surface area contributed by atoms with Gasteiger partial charge in [0, 0.05) is 12.6 Å². The Hall–Kier alpha value is -2.88. The Morgan fingerprint density at radius 3 is 2.52 bits per heavy atom. The van der Waals surface area contributed by atoms with Gasteiger partial charge in [-0.05, 0) is 29.8 Å². The molecule has 21 heavy (non-hydrogen) atoms. The molecule has 0 heterocycles. The normalized spacial score (nSPS) is 11.2. The summed E-state index contributed by atoms with van der Waals surface area (Å²) in [7, 11) is 0. The van der Waals surface area contributed by atoms with Crippen LogP contribution in [0, 0.1) is 0 Å². The molecule has 4 nitrogen and oxygen atoms in total. The van der Waals surface area contributed by atoms with Crippen molar-refractivity contribution in [1.82, 2.24) is 0 Å². The molecule has 1 aromatic rings. The van der Waals surface area contributed by atoms with Crippen molar-refractivity contribution in [2.45, 2.75) is 6.92 Å². The number of phenolic OH excluding ortho intramolecular Hbond substituents is 1. The molecule has 0 saturated heterocycles. The van der Waals surface area contributed by atoms with E-state index in [1.54, 1.807) is 24.3 Å². The molecule has 0 aliphatic rings. The van der Waals surface area contributed by atoms with Gasteiger partial charge < -0.3 is 10.4 Å². The topological polar surface area (TPSA) is 66.4 Å². The van der Waals surface area contributed by atoms with Crippen LogP contribution in [0.4, 0.5) is 5.69 Å². The van der Waals surface area contributed by atoms with Crippen molar-refractivity contribution in [1.29, 1.82) is 0 Å². The van der Waals surface area contributed by atoms with Crippen LogP contribution in [-0.2, 0) is 4.79 Å². The lowest BCUT2D eigenvalue weighted by molar-refractivity contribution is -0.114. The highest BCUT2D eigenvalue weighted by molar-refractivity contribution is 6.07. The summed E-state index contributed by atoms with van der Waals surface area (Å²) in [5, 5.41) is 12.3. The summed E-state index contributed by atoms with van der Waals surface area (Å²) < 4.78 is 0. The second-order valence-electron chi connectivity index (χ2n) is 4.22. The van der Waals surface area contributed by atoms with Crippen LogP contribution in [0.3, 0.4) is 0 Å². The van der Waals surface area contributed by atoms with Crippen LogP contribution in [0.2, 0.25) is 0 Å². The first-order valence-electron chi connectivity index (χ1n) is 6.26. The van der Waals surface area contributed by atoms with Crippen molar-refractivity contribution in [2.24, 2.45) is 0 Å². The molecule has 0 aromatic heterocycles. The molecule has 1 rings (SSSR count). The van der Waals surface area contributed by atoms with Crippen LogP contribution < -0.4 is 5.32 Å². The molecule has 2 N–H and O–H groups in total. The van der Waals surface area contributed by atoms with E-state index in [4.69, 9.17) is 0 Å². The van der Waals surface area contributed by atoms with Crippen molar-refractivity contribution in [3.8, 4) is 5.75 Å². The van der Waals surface area contributed by atoms with Crippen molar-refractivity contribution in [2.75, 3.05) is 5.32 Å². The highest BCUT2D eigenvalue weighted by atomic mass is 16.3. The number of carbonyl (C=O) groups excluding carboxylic acids is 2. The molecule has 0 bridgehead atoms. The van der Waals surface area contributed by atoms with Crippen molar-refractivity contribution in [3.05, 3.63) is 72.9 Å². The Labute approximate surface area is 123 Å². The second-order valence-corrected chi connectivity index (χ2v) is 4.22. The third-order valence-electron chi connectivity index (χ3n) is 2.56. The number of carbonyl (C=O) groups is 2. The van der Waals surface area contributed by atoms with Gasteiger partial charge in [0.2, 0.25) is 5.91 Å². The molecule has 1 amide bonds. The van der Waals surface area contributed by atoms with Gasteiger partial charge in [0.05, 0.1) is 5.56 Å². The summed E-state index contributed by atoms with van der Waals surface area (Å²) in [5.74, 6) is -0.777. The van der Waals surface area contributed by atoms with Gasteiger partial charge in [0.25, 0.3) is 0 Å². The second kappa shape index (κ2) is 7.65. The number of anilines is 1. The minimum absolute atomic E-state index is 0.111. The molecule has 0 saturated carbocycles. The summed E-state index contributed by atoms with van der Waals surface area (Å²) in [6.07, 6.45) is 7.76. The number of nitrogens with one attached hydrogen (secondary N) is 1. The van der Waals surface area contributed by atoms with E-state index in [1.165, 1.54) is 31.2 Å². The van der Waals surface area contributed by atoms with Gasteiger partial charge in [-0.2, -0.15) is 0 Å². The van der Waals surface area contributed by atoms with Crippen LogP contribution in [0.25, 0.3) is 0 Å². The van der Waals surface area contributed by atoms with Gasteiger partial charge in [0.1, 0.15) is 5.75 Å². The molecular formula is C17H17NO3. The van der Waals surface area contributed by atoms with Crippen LogP contribution >= 0.6 is 0 Å². The Balaban J connectivity index is 3.03. The van der Waals surface area contributed by atoms with Crippen LogP contribution in [0.15, 0.2) is 67.3 Å². The van der Waals surface area contributed by atoms with Crippen molar-refractivity contribution < 1.29 is 14.7 Å². The number of hydrogen-bond acceptors (Lipinski definition) is 3. The Kier molecular flexibility index (Phi) is 5.89. The van der Waals surface area contributed by atoms with Gasteiger partial charge in [-0.25, -0.2) is 0 Å². The number of rotatable bonds is 6. The number of aromatic hydroxyl groups is 1. The Morgan fingerprint density at radius 1 is 1.24 bits per heavy atom. The maximum Gasteiger partial charge on any atom is 0.221 e. The first kappa shape index (κ1) is 16.2. The van der Waals surface area contributed by atoms with E-state index in [0.29, 0.717) is 5.69 Å². The number of hydrogen-bond donors (Lipinski definition) is 2. The minimum Gasteiger partial charge on any atom is -0.507 e. The third kappa shape index (κ3) is 4.95. The lowest BCUT2D eigenvalue weighted by Crippen LogP contribution is -2.06. The van der Waals surface area contributed by atoms with Gasteiger partial charge in [-0.15, -0.1) is 0 Å². The average Bonchev–Trinajstić information content (AvgIpc) is 2.44. The fourth-order valence-corrected chi connectivity index (χ4v) is 1.60. The largest absolute Gasteiger partial charge is 0.507 e. The van der Waals surface area contributed by atoms with Crippen LogP contribution in [0.1, 0.15) is 17.3 Å². The first-order valence-corrected chi connectivity index (χ1v) is 6.26. The molecule has 108 valence electrons. The average molecular weight is 283 g/mol. The molecule has 0 unspecified atom stereocenters. The fourth-order valence-electron chi connectivity index (χ4n) is 1.60. The van der Waals surface area contributed by atoms with Crippen molar-refractivity contribution >= 4 is 17.4 Å². The summed E-state index contributed by atoms with van der Waals surface area (Å²) in [6, 6.07) is 4.30. The molecule has 0 fully saturated rings. The lowest BCUT2D eigenvalue weighted by Gasteiger charge is -2.05. The molecule has 0 aliphatic carbocycles. The van der Waals surface area contributed by atoms with E-state index in [-0.39, 0.29) is 23.0 Å². The molecule has 1 aromatic carbocycles. The van der Waals surface area contributed by atoms with E-state index in [0.717, 1.165) is 5.57 Å².